The SMILES string of the molecule is Cc1cc(C(=O)COC(=O)[C@@H]2CCCN2C(=O)c2ccco2)c(C)n1NC(=O)c1ccccc1. The third-order valence-electron chi connectivity index (χ3n) is 5.84. The van der Waals surface area contributed by atoms with E-state index in [1.807, 2.05) is 6.07 Å². The Labute approximate surface area is 196 Å². The van der Waals surface area contributed by atoms with Crippen LogP contribution in [0.15, 0.2) is 59.2 Å². The summed E-state index contributed by atoms with van der Waals surface area (Å²) < 4.78 is 12.0. The van der Waals surface area contributed by atoms with E-state index in [0.29, 0.717) is 41.9 Å². The van der Waals surface area contributed by atoms with E-state index in [0.717, 1.165) is 0 Å². The van der Waals surface area contributed by atoms with Crippen molar-refractivity contribution in [2.45, 2.75) is 32.7 Å². The van der Waals surface area contributed by atoms with E-state index < -0.39 is 24.4 Å². The number of furan rings is 1. The Morgan fingerprint density at radius 1 is 1.09 bits per heavy atom. The van der Waals surface area contributed by atoms with Gasteiger partial charge in [-0.1, -0.05) is 18.2 Å². The van der Waals surface area contributed by atoms with Crippen molar-refractivity contribution in [3.8, 4) is 0 Å². The van der Waals surface area contributed by atoms with E-state index in [1.165, 1.54) is 15.8 Å². The second-order valence-electron chi connectivity index (χ2n) is 8.09. The van der Waals surface area contributed by atoms with Crippen LogP contribution in [-0.4, -0.2) is 52.3 Å². The Morgan fingerprint density at radius 2 is 1.85 bits per heavy atom. The number of hydrogen-bond donors (Lipinski definition) is 1. The van der Waals surface area contributed by atoms with Crippen LogP contribution in [0.5, 0.6) is 0 Å². The van der Waals surface area contributed by atoms with Crippen molar-refractivity contribution in [2.24, 2.45) is 0 Å². The van der Waals surface area contributed by atoms with Gasteiger partial charge in [-0.15, -0.1) is 0 Å². The number of aryl methyl sites for hydroxylation is 1. The largest absolute Gasteiger partial charge is 0.459 e. The van der Waals surface area contributed by atoms with Crippen LogP contribution in [0.4, 0.5) is 0 Å². The summed E-state index contributed by atoms with van der Waals surface area (Å²) in [5.74, 6) is -1.56. The lowest BCUT2D eigenvalue weighted by Crippen LogP contribution is -2.41. The maximum Gasteiger partial charge on any atom is 0.329 e. The van der Waals surface area contributed by atoms with Crippen LogP contribution >= 0.6 is 0 Å². The zero-order valence-corrected chi connectivity index (χ0v) is 18.9. The summed E-state index contributed by atoms with van der Waals surface area (Å²) in [6, 6.07) is 12.8. The zero-order valence-electron chi connectivity index (χ0n) is 18.9. The average molecular weight is 463 g/mol. The maximum absolute atomic E-state index is 12.8. The molecular weight excluding hydrogens is 438 g/mol. The molecule has 2 amide bonds. The van der Waals surface area contributed by atoms with E-state index in [9.17, 15) is 19.2 Å². The molecule has 3 heterocycles. The Balaban J connectivity index is 1.39. The highest BCUT2D eigenvalue weighted by Crippen LogP contribution is 2.22. The fourth-order valence-corrected chi connectivity index (χ4v) is 4.08. The van der Waals surface area contributed by atoms with Crippen molar-refractivity contribution in [2.75, 3.05) is 18.6 Å². The van der Waals surface area contributed by atoms with Crippen LogP contribution in [0.3, 0.4) is 0 Å². The van der Waals surface area contributed by atoms with Gasteiger partial charge in [0.15, 0.2) is 12.4 Å². The fraction of sp³-hybridized carbons (Fsp3) is 0.280. The lowest BCUT2D eigenvalue weighted by Gasteiger charge is -2.22. The summed E-state index contributed by atoms with van der Waals surface area (Å²) in [4.78, 5) is 52.0. The van der Waals surface area contributed by atoms with Crippen LogP contribution in [-0.2, 0) is 9.53 Å². The first-order valence-corrected chi connectivity index (χ1v) is 11.0. The number of ketones is 1. The number of esters is 1. The number of likely N-dealkylation sites (tertiary alicyclic amines) is 1. The molecule has 1 aromatic carbocycles. The lowest BCUT2D eigenvalue weighted by atomic mass is 10.1. The molecule has 0 bridgehead atoms. The van der Waals surface area contributed by atoms with Gasteiger partial charge in [0.05, 0.1) is 6.26 Å². The number of nitrogens with zero attached hydrogens (tertiary/aromatic N) is 2. The van der Waals surface area contributed by atoms with Crippen LogP contribution in [0.25, 0.3) is 0 Å². The molecule has 1 N–H and O–H groups in total. The van der Waals surface area contributed by atoms with Crippen molar-refractivity contribution >= 4 is 23.6 Å². The fourth-order valence-electron chi connectivity index (χ4n) is 4.08. The zero-order chi connectivity index (χ0) is 24.2. The lowest BCUT2D eigenvalue weighted by molar-refractivity contribution is -0.147. The van der Waals surface area contributed by atoms with Crippen LogP contribution in [0.1, 0.15) is 55.5 Å². The van der Waals surface area contributed by atoms with Crippen molar-refractivity contribution < 1.29 is 28.3 Å². The minimum Gasteiger partial charge on any atom is -0.459 e. The van der Waals surface area contributed by atoms with Crippen molar-refractivity contribution in [1.29, 1.82) is 0 Å². The normalized spacial score (nSPS) is 15.2. The molecule has 34 heavy (non-hydrogen) atoms. The standard InChI is InChI=1S/C25H25N3O6/c1-16-14-19(17(2)28(16)26-23(30)18-8-4-3-5-9-18)21(29)15-34-25(32)20-10-6-12-27(20)24(31)22-11-7-13-33-22/h3-5,7-9,11,13-14,20H,6,10,12,15H2,1-2H3,(H,26,30)/t20-/m0/s1. The van der Waals surface area contributed by atoms with Gasteiger partial charge in [-0.2, -0.15) is 0 Å². The molecule has 1 saturated heterocycles. The highest BCUT2D eigenvalue weighted by atomic mass is 16.5. The Kier molecular flexibility index (Phi) is 6.62. The number of carbonyl (C=O) groups is 4. The van der Waals surface area contributed by atoms with Crippen molar-refractivity contribution in [3.63, 3.8) is 0 Å². The minimum absolute atomic E-state index is 0.153. The van der Waals surface area contributed by atoms with Gasteiger partial charge >= 0.3 is 5.97 Å². The number of benzene rings is 1. The molecule has 4 rings (SSSR count). The molecule has 0 saturated carbocycles. The smallest absolute Gasteiger partial charge is 0.329 e. The summed E-state index contributed by atoms with van der Waals surface area (Å²) >= 11 is 0. The molecule has 9 heteroatoms. The second-order valence-corrected chi connectivity index (χ2v) is 8.09. The maximum atomic E-state index is 12.8. The monoisotopic (exact) mass is 463 g/mol. The van der Waals surface area contributed by atoms with E-state index in [4.69, 9.17) is 9.15 Å². The predicted octanol–water partition coefficient (Wildman–Crippen LogP) is 3.11. The average Bonchev–Trinajstić information content (AvgIpc) is 3.60. The Bertz CT molecular complexity index is 1210. The number of carbonyl (C=O) groups excluding carboxylic acids is 4. The van der Waals surface area contributed by atoms with Gasteiger partial charge in [0.2, 0.25) is 5.78 Å². The molecule has 1 aliphatic rings. The Hall–Kier alpha value is -4.14. The van der Waals surface area contributed by atoms with Crippen molar-refractivity contribution in [1.82, 2.24) is 9.58 Å². The molecule has 3 aromatic rings. The van der Waals surface area contributed by atoms with E-state index in [-0.39, 0.29) is 17.6 Å². The molecule has 0 aliphatic carbocycles. The molecule has 1 aliphatic heterocycles. The molecule has 9 nitrogen and oxygen atoms in total. The van der Waals surface area contributed by atoms with E-state index in [2.05, 4.69) is 5.43 Å². The van der Waals surface area contributed by atoms with E-state index in [1.54, 1.807) is 56.3 Å². The van der Waals surface area contributed by atoms with Crippen LogP contribution in [0, 0.1) is 13.8 Å². The number of nitrogens with one attached hydrogen (secondary N) is 1. The van der Waals surface area contributed by atoms with Gasteiger partial charge in [-0.25, -0.2) is 4.79 Å². The van der Waals surface area contributed by atoms with Crippen molar-refractivity contribution in [3.05, 3.63) is 83.1 Å². The molecule has 176 valence electrons. The third kappa shape index (κ3) is 4.63. The topological polar surface area (TPSA) is 111 Å². The summed E-state index contributed by atoms with van der Waals surface area (Å²) in [5.41, 5.74) is 4.79. The summed E-state index contributed by atoms with van der Waals surface area (Å²) in [7, 11) is 0. The summed E-state index contributed by atoms with van der Waals surface area (Å²) in [5, 5.41) is 0. The number of ether oxygens (including phenoxy) is 1. The number of Topliss-reactive ketones (excluding diaryl/α,β-unsaturated/α-hetero) is 1. The molecule has 1 atom stereocenters. The van der Waals surface area contributed by atoms with Gasteiger partial charge in [-0.3, -0.25) is 24.5 Å². The van der Waals surface area contributed by atoms with Gasteiger partial charge in [-0.05, 0) is 57.0 Å². The second kappa shape index (κ2) is 9.78. The number of hydrogen-bond acceptors (Lipinski definition) is 6. The van der Waals surface area contributed by atoms with Gasteiger partial charge < -0.3 is 14.1 Å². The van der Waals surface area contributed by atoms with Gasteiger partial charge in [0, 0.05) is 29.1 Å². The minimum atomic E-state index is -0.761. The molecule has 0 radical (unpaired) electrons. The first-order chi connectivity index (χ1) is 16.4. The molecule has 1 fully saturated rings. The number of rotatable bonds is 7. The summed E-state index contributed by atoms with van der Waals surface area (Å²) in [6.07, 6.45) is 2.51. The molecule has 2 aromatic heterocycles. The first-order valence-electron chi connectivity index (χ1n) is 11.0. The molecule has 0 spiro atoms. The highest BCUT2D eigenvalue weighted by molar-refractivity contribution is 6.02. The van der Waals surface area contributed by atoms with Crippen LogP contribution < -0.4 is 5.43 Å². The van der Waals surface area contributed by atoms with Crippen LogP contribution in [0.2, 0.25) is 0 Å². The first kappa shape index (κ1) is 23.0. The number of aromatic nitrogens is 1. The van der Waals surface area contributed by atoms with E-state index >= 15 is 0 Å². The molecule has 0 unspecified atom stereocenters. The van der Waals surface area contributed by atoms with Gasteiger partial charge in [0.25, 0.3) is 11.8 Å². The Morgan fingerprint density at radius 3 is 2.56 bits per heavy atom. The van der Waals surface area contributed by atoms with Gasteiger partial charge in [0.1, 0.15) is 6.04 Å². The summed E-state index contributed by atoms with van der Waals surface area (Å²) in [6.45, 7) is 3.41. The highest BCUT2D eigenvalue weighted by Gasteiger charge is 2.37. The quantitative estimate of drug-likeness (QED) is 0.426. The predicted molar refractivity (Wildman–Crippen MR) is 122 cm³/mol. The molecular formula is C25H25N3O6. The number of amides is 2. The third-order valence-corrected chi connectivity index (χ3v) is 5.84.